The van der Waals surface area contributed by atoms with Crippen LogP contribution in [0, 0.1) is 11.3 Å². The summed E-state index contributed by atoms with van der Waals surface area (Å²) in [5.74, 6) is -0.142. The number of rotatable bonds is 7. The molecule has 0 aromatic rings. The molecule has 0 aromatic carbocycles. The van der Waals surface area contributed by atoms with Crippen LogP contribution in [0.25, 0.3) is 0 Å². The van der Waals surface area contributed by atoms with Gasteiger partial charge in [0.25, 0.3) is 0 Å². The minimum absolute atomic E-state index is 0.142. The number of ether oxygens (including phenoxy) is 1. The van der Waals surface area contributed by atoms with E-state index < -0.39 is 0 Å². The molecule has 0 N–H and O–H groups in total. The van der Waals surface area contributed by atoms with Crippen LogP contribution < -0.4 is 0 Å². The van der Waals surface area contributed by atoms with E-state index >= 15 is 0 Å². The van der Waals surface area contributed by atoms with E-state index in [2.05, 4.69) is 24.0 Å². The average Bonchev–Trinajstić information content (AvgIpc) is 2.31. The first-order valence-electron chi connectivity index (χ1n) is 5.38. The van der Waals surface area contributed by atoms with Gasteiger partial charge in [-0.2, -0.15) is 5.26 Å². The molecule has 0 bridgehead atoms. The van der Waals surface area contributed by atoms with Crippen LogP contribution in [-0.2, 0) is 9.53 Å². The molecular weight excluding hydrogens is 202 g/mol. The molecule has 0 rings (SSSR count). The topological polar surface area (TPSA) is 50.1 Å². The molecule has 0 saturated carbocycles. The summed E-state index contributed by atoms with van der Waals surface area (Å²) in [4.78, 5) is 10.4. The van der Waals surface area contributed by atoms with Crippen LogP contribution in [0.4, 0.5) is 0 Å². The van der Waals surface area contributed by atoms with Gasteiger partial charge < -0.3 is 4.74 Å². The Hall–Kier alpha value is -1.56. The average molecular weight is 223 g/mol. The number of hydrogen-bond donors (Lipinski definition) is 0. The van der Waals surface area contributed by atoms with Crippen LogP contribution in [0.3, 0.4) is 0 Å². The van der Waals surface area contributed by atoms with Crippen molar-refractivity contribution < 1.29 is 9.53 Å². The fourth-order valence-electron chi connectivity index (χ4n) is 0.818. The van der Waals surface area contributed by atoms with E-state index in [1.165, 1.54) is 7.11 Å². The van der Waals surface area contributed by atoms with Crippen molar-refractivity contribution in [3.05, 3.63) is 25.3 Å². The lowest BCUT2D eigenvalue weighted by molar-refractivity contribution is -0.140. The van der Waals surface area contributed by atoms with Crippen molar-refractivity contribution in [3.8, 4) is 6.07 Å². The maximum atomic E-state index is 10.4. The van der Waals surface area contributed by atoms with Crippen molar-refractivity contribution >= 4 is 5.97 Å². The normalized spacial score (nSPS) is 8.00. The zero-order chi connectivity index (χ0) is 12.6. The Morgan fingerprint density at radius 3 is 2.31 bits per heavy atom. The van der Waals surface area contributed by atoms with Gasteiger partial charge >= 0.3 is 5.97 Å². The first kappa shape index (κ1) is 16.9. The third kappa shape index (κ3) is 18.3. The lowest BCUT2D eigenvalue weighted by Crippen LogP contribution is -1.98. The second kappa shape index (κ2) is 15.9. The monoisotopic (exact) mass is 223 g/mol. The van der Waals surface area contributed by atoms with E-state index in [0.717, 1.165) is 25.7 Å². The number of nitriles is 1. The lowest BCUT2D eigenvalue weighted by Gasteiger charge is -1.94. The van der Waals surface area contributed by atoms with Crippen molar-refractivity contribution in [2.45, 2.75) is 38.5 Å². The number of nitrogens with zero attached hydrogens (tertiary/aromatic N) is 1. The Bertz CT molecular complexity index is 229. The smallest absolute Gasteiger partial charge is 0.305 e. The zero-order valence-electron chi connectivity index (χ0n) is 10.1. The minimum atomic E-state index is -0.142. The Morgan fingerprint density at radius 1 is 1.31 bits per heavy atom. The highest BCUT2D eigenvalue weighted by atomic mass is 16.5. The molecule has 0 fully saturated rings. The molecule has 0 aliphatic heterocycles. The Morgan fingerprint density at radius 2 is 1.88 bits per heavy atom. The second-order valence-corrected chi connectivity index (χ2v) is 3.10. The molecule has 0 aliphatic rings. The van der Waals surface area contributed by atoms with Crippen LogP contribution in [0.15, 0.2) is 25.3 Å². The van der Waals surface area contributed by atoms with Crippen LogP contribution in [0.5, 0.6) is 0 Å². The van der Waals surface area contributed by atoms with Gasteiger partial charge in [-0.25, -0.2) is 0 Å². The quantitative estimate of drug-likeness (QED) is 0.377. The van der Waals surface area contributed by atoms with Crippen LogP contribution in [-0.4, -0.2) is 13.1 Å². The summed E-state index contributed by atoms with van der Waals surface area (Å²) in [6.45, 7) is 7.05. The number of unbranched alkanes of at least 4 members (excludes halogenated alkanes) is 3. The Kier molecular flexibility index (Phi) is 16.7. The molecular formula is C13H21NO2. The highest BCUT2D eigenvalue weighted by molar-refractivity contribution is 5.68. The standard InChI is InChI=1S/C7H12O2.C6H9N/c1-3-4-5-6-7(8)9-2;1-2-3-4-5-6-7/h3H,1,4-6H2,2H3;2H,1,3-5H2. The van der Waals surface area contributed by atoms with E-state index in [-0.39, 0.29) is 5.97 Å². The zero-order valence-corrected chi connectivity index (χ0v) is 10.1. The molecule has 0 heterocycles. The number of carbonyl (C=O) groups excluding carboxylic acids is 1. The van der Waals surface area contributed by atoms with Gasteiger partial charge in [-0.3, -0.25) is 4.79 Å². The van der Waals surface area contributed by atoms with Crippen LogP contribution in [0.2, 0.25) is 0 Å². The van der Waals surface area contributed by atoms with Crippen LogP contribution >= 0.6 is 0 Å². The largest absolute Gasteiger partial charge is 0.469 e. The highest BCUT2D eigenvalue weighted by Crippen LogP contribution is 1.96. The van der Waals surface area contributed by atoms with Gasteiger partial charge in [0.2, 0.25) is 0 Å². The molecule has 0 radical (unpaired) electrons. The number of hydrogen-bond acceptors (Lipinski definition) is 3. The summed E-state index contributed by atoms with van der Waals surface area (Å²) in [6, 6.07) is 2.05. The molecule has 0 saturated heterocycles. The number of allylic oxidation sites excluding steroid dienone is 2. The summed E-state index contributed by atoms with van der Waals surface area (Å²) in [5.41, 5.74) is 0. The molecule has 0 amide bonds. The Labute approximate surface area is 98.4 Å². The molecule has 3 nitrogen and oxygen atoms in total. The molecule has 0 aromatic heterocycles. The van der Waals surface area contributed by atoms with Crippen molar-refractivity contribution in [1.29, 1.82) is 5.26 Å². The molecule has 0 aliphatic carbocycles. The van der Waals surface area contributed by atoms with E-state index in [1.54, 1.807) is 6.08 Å². The van der Waals surface area contributed by atoms with Gasteiger partial charge in [-0.05, 0) is 25.7 Å². The number of esters is 1. The van der Waals surface area contributed by atoms with Gasteiger partial charge in [-0.1, -0.05) is 12.2 Å². The minimum Gasteiger partial charge on any atom is -0.469 e. The molecule has 0 unspecified atom stereocenters. The number of carbonyl (C=O) groups is 1. The third-order valence-corrected chi connectivity index (χ3v) is 1.71. The number of methoxy groups -OCH3 is 1. The van der Waals surface area contributed by atoms with Gasteiger partial charge in [0.05, 0.1) is 13.2 Å². The van der Waals surface area contributed by atoms with Crippen LogP contribution in [0.1, 0.15) is 38.5 Å². The summed E-state index contributed by atoms with van der Waals surface area (Å²) < 4.78 is 4.42. The summed E-state index contributed by atoms with van der Waals surface area (Å²) in [5, 5.41) is 8.01. The molecule has 0 spiro atoms. The summed E-state index contributed by atoms with van der Waals surface area (Å²) in [6.07, 6.45) is 8.44. The van der Waals surface area contributed by atoms with E-state index in [4.69, 9.17) is 5.26 Å². The molecule has 3 heteroatoms. The Balaban J connectivity index is 0. The van der Waals surface area contributed by atoms with E-state index in [0.29, 0.717) is 12.8 Å². The van der Waals surface area contributed by atoms with Crippen molar-refractivity contribution in [3.63, 3.8) is 0 Å². The van der Waals surface area contributed by atoms with Gasteiger partial charge in [0, 0.05) is 12.8 Å². The SMILES string of the molecule is C=CCCCC#N.C=CCCCC(=O)OC. The second-order valence-electron chi connectivity index (χ2n) is 3.10. The maximum absolute atomic E-state index is 10.4. The van der Waals surface area contributed by atoms with Crippen molar-refractivity contribution in [2.24, 2.45) is 0 Å². The van der Waals surface area contributed by atoms with Crippen molar-refractivity contribution in [1.82, 2.24) is 0 Å². The lowest BCUT2D eigenvalue weighted by atomic mass is 10.2. The molecule has 0 atom stereocenters. The molecule has 16 heavy (non-hydrogen) atoms. The third-order valence-electron chi connectivity index (χ3n) is 1.71. The van der Waals surface area contributed by atoms with Gasteiger partial charge in [-0.15, -0.1) is 13.2 Å². The van der Waals surface area contributed by atoms with Gasteiger partial charge in [0.15, 0.2) is 0 Å². The van der Waals surface area contributed by atoms with E-state index in [9.17, 15) is 4.79 Å². The van der Waals surface area contributed by atoms with Gasteiger partial charge in [0.1, 0.15) is 0 Å². The predicted molar refractivity (Wildman–Crippen MR) is 65.7 cm³/mol. The fraction of sp³-hybridized carbons (Fsp3) is 0.538. The first-order chi connectivity index (χ1) is 7.72. The van der Waals surface area contributed by atoms with Crippen molar-refractivity contribution in [2.75, 3.05) is 7.11 Å². The molecule has 90 valence electrons. The summed E-state index contributed by atoms with van der Waals surface area (Å²) >= 11 is 0. The predicted octanol–water partition coefficient (Wildman–Crippen LogP) is 3.38. The maximum Gasteiger partial charge on any atom is 0.305 e. The summed E-state index contributed by atoms with van der Waals surface area (Å²) in [7, 11) is 1.40. The fourth-order valence-corrected chi connectivity index (χ4v) is 0.818. The highest BCUT2D eigenvalue weighted by Gasteiger charge is 1.95. The van der Waals surface area contributed by atoms with E-state index in [1.807, 2.05) is 6.08 Å². The first-order valence-corrected chi connectivity index (χ1v) is 5.38.